The van der Waals surface area contributed by atoms with E-state index in [4.69, 9.17) is 4.74 Å². The minimum atomic E-state index is -1.57. The first-order valence-electron chi connectivity index (χ1n) is 9.13. The Morgan fingerprint density at radius 2 is 1.32 bits per heavy atom. The number of benzene rings is 3. The summed E-state index contributed by atoms with van der Waals surface area (Å²) in [6.07, 6.45) is 3.29. The number of hydrogen-bond donors (Lipinski definition) is 1. The summed E-state index contributed by atoms with van der Waals surface area (Å²) in [5, 5.41) is 10.1. The van der Waals surface area contributed by atoms with Crippen LogP contribution >= 0.6 is 0 Å². The highest BCUT2D eigenvalue weighted by Crippen LogP contribution is 2.42. The molecule has 3 aromatic carbocycles. The number of ether oxygens (including phenoxy) is 1. The van der Waals surface area contributed by atoms with Crippen LogP contribution in [-0.2, 0) is 15.1 Å². The fraction of sp³-hybridized carbons (Fsp3) is 0.0800. The van der Waals surface area contributed by atoms with E-state index in [9.17, 15) is 9.90 Å². The van der Waals surface area contributed by atoms with Crippen molar-refractivity contribution in [3.8, 4) is 0 Å². The molecular weight excluding hydrogens is 348 g/mol. The molecule has 0 amide bonds. The number of aryl methyl sites for hydroxylation is 1. The molecule has 1 atom stereocenters. The maximum Gasteiger partial charge on any atom is 0.357 e. The molecule has 1 aliphatic rings. The van der Waals surface area contributed by atoms with E-state index in [0.29, 0.717) is 5.56 Å². The van der Waals surface area contributed by atoms with Gasteiger partial charge in [0.25, 0.3) is 0 Å². The molecule has 1 unspecified atom stereocenters. The second-order valence-corrected chi connectivity index (χ2v) is 6.85. The Morgan fingerprint density at radius 1 is 0.786 bits per heavy atom. The predicted molar refractivity (Wildman–Crippen MR) is 110 cm³/mol. The lowest BCUT2D eigenvalue weighted by Crippen LogP contribution is -2.37. The van der Waals surface area contributed by atoms with Crippen LogP contribution in [0.3, 0.4) is 0 Å². The zero-order valence-corrected chi connectivity index (χ0v) is 15.5. The van der Waals surface area contributed by atoms with Gasteiger partial charge in [0.1, 0.15) is 0 Å². The highest BCUT2D eigenvalue weighted by atomic mass is 16.5. The van der Waals surface area contributed by atoms with E-state index in [1.54, 1.807) is 12.3 Å². The highest BCUT2D eigenvalue weighted by molar-refractivity contribution is 6.07. The molecule has 138 valence electrons. The second kappa shape index (κ2) is 7.20. The SMILES string of the molecule is Cc1ccc(C2(C(=O)O)C=C(c3ccccc3)C(c3ccccc3)=CO2)cc1. The third kappa shape index (κ3) is 3.12. The third-order valence-electron chi connectivity index (χ3n) is 4.97. The number of carbonyl (C=O) groups is 1. The maximum absolute atomic E-state index is 12.4. The number of aliphatic carboxylic acids is 1. The summed E-state index contributed by atoms with van der Waals surface area (Å²) in [6.45, 7) is 1.97. The van der Waals surface area contributed by atoms with Crippen molar-refractivity contribution in [3.63, 3.8) is 0 Å². The van der Waals surface area contributed by atoms with Crippen LogP contribution in [0.2, 0.25) is 0 Å². The predicted octanol–water partition coefficient (Wildman–Crippen LogP) is 5.43. The standard InChI is InChI=1S/C25H20O3/c1-18-12-14-21(15-13-18)25(24(26)27)16-22(19-8-4-2-5-9-19)23(17-28-25)20-10-6-3-7-11-20/h2-17H,1H3,(H,26,27). The van der Waals surface area contributed by atoms with E-state index in [2.05, 4.69) is 0 Å². The molecule has 0 saturated heterocycles. The highest BCUT2D eigenvalue weighted by Gasteiger charge is 2.43. The molecule has 0 fully saturated rings. The molecule has 0 aromatic heterocycles. The van der Waals surface area contributed by atoms with Gasteiger partial charge < -0.3 is 9.84 Å². The Hall–Kier alpha value is -3.59. The van der Waals surface area contributed by atoms with Gasteiger partial charge in [-0.25, -0.2) is 4.79 Å². The first-order chi connectivity index (χ1) is 13.6. The van der Waals surface area contributed by atoms with Gasteiger partial charge >= 0.3 is 5.97 Å². The minimum absolute atomic E-state index is 0.586. The van der Waals surface area contributed by atoms with E-state index >= 15 is 0 Å². The molecule has 1 N–H and O–H groups in total. The van der Waals surface area contributed by atoms with E-state index in [0.717, 1.165) is 27.8 Å². The van der Waals surface area contributed by atoms with E-state index in [1.807, 2.05) is 91.9 Å². The van der Waals surface area contributed by atoms with Crippen molar-refractivity contribution in [3.05, 3.63) is 120 Å². The summed E-state index contributed by atoms with van der Waals surface area (Å²) in [6, 6.07) is 27.1. The summed E-state index contributed by atoms with van der Waals surface area (Å²) >= 11 is 0. The summed E-state index contributed by atoms with van der Waals surface area (Å²) in [5.74, 6) is -1.05. The monoisotopic (exact) mass is 368 g/mol. The Morgan fingerprint density at radius 3 is 1.86 bits per heavy atom. The van der Waals surface area contributed by atoms with Crippen LogP contribution in [0.1, 0.15) is 22.3 Å². The first-order valence-corrected chi connectivity index (χ1v) is 9.13. The zero-order chi connectivity index (χ0) is 19.6. The molecule has 1 aliphatic heterocycles. The van der Waals surface area contributed by atoms with Gasteiger partial charge in [0.05, 0.1) is 6.26 Å². The van der Waals surface area contributed by atoms with Crippen LogP contribution in [0.4, 0.5) is 0 Å². The van der Waals surface area contributed by atoms with Crippen LogP contribution in [0.5, 0.6) is 0 Å². The van der Waals surface area contributed by atoms with Crippen molar-refractivity contribution < 1.29 is 14.6 Å². The van der Waals surface area contributed by atoms with Gasteiger partial charge in [-0.3, -0.25) is 0 Å². The lowest BCUT2D eigenvalue weighted by molar-refractivity contribution is -0.155. The molecule has 3 aromatic rings. The van der Waals surface area contributed by atoms with Gasteiger partial charge in [-0.05, 0) is 29.7 Å². The Bertz CT molecular complexity index is 1050. The normalized spacial score (nSPS) is 18.6. The summed E-state index contributed by atoms with van der Waals surface area (Å²) in [4.78, 5) is 12.4. The maximum atomic E-state index is 12.4. The smallest absolute Gasteiger partial charge is 0.357 e. The van der Waals surface area contributed by atoms with Gasteiger partial charge in [0.15, 0.2) is 0 Å². The zero-order valence-electron chi connectivity index (χ0n) is 15.5. The van der Waals surface area contributed by atoms with Crippen molar-refractivity contribution in [2.45, 2.75) is 12.5 Å². The number of allylic oxidation sites excluding steroid dienone is 2. The molecule has 0 spiro atoms. The molecular formula is C25H20O3. The molecule has 0 radical (unpaired) electrons. The fourth-order valence-electron chi connectivity index (χ4n) is 3.42. The molecule has 1 heterocycles. The van der Waals surface area contributed by atoms with Crippen molar-refractivity contribution in [2.75, 3.05) is 0 Å². The van der Waals surface area contributed by atoms with Crippen LogP contribution in [0, 0.1) is 6.92 Å². The quantitative estimate of drug-likeness (QED) is 0.668. The van der Waals surface area contributed by atoms with Crippen molar-refractivity contribution in [2.24, 2.45) is 0 Å². The van der Waals surface area contributed by atoms with E-state index < -0.39 is 11.6 Å². The molecule has 3 heteroatoms. The van der Waals surface area contributed by atoms with Gasteiger partial charge in [0.2, 0.25) is 5.60 Å². The van der Waals surface area contributed by atoms with Crippen molar-refractivity contribution >= 4 is 17.1 Å². The lowest BCUT2D eigenvalue weighted by Gasteiger charge is -2.32. The van der Waals surface area contributed by atoms with E-state index in [1.165, 1.54) is 0 Å². The van der Waals surface area contributed by atoms with Gasteiger partial charge in [-0.2, -0.15) is 0 Å². The van der Waals surface area contributed by atoms with Crippen molar-refractivity contribution in [1.82, 2.24) is 0 Å². The molecule has 3 nitrogen and oxygen atoms in total. The van der Waals surface area contributed by atoms with Crippen LogP contribution in [-0.4, -0.2) is 11.1 Å². The molecule has 0 saturated carbocycles. The molecule has 28 heavy (non-hydrogen) atoms. The Labute approximate surface area is 164 Å². The second-order valence-electron chi connectivity index (χ2n) is 6.85. The molecule has 0 aliphatic carbocycles. The van der Waals surface area contributed by atoms with Crippen LogP contribution < -0.4 is 0 Å². The Kier molecular flexibility index (Phi) is 4.58. The minimum Gasteiger partial charge on any atom is -0.478 e. The topological polar surface area (TPSA) is 46.5 Å². The summed E-state index contributed by atoms with van der Waals surface area (Å²) in [7, 11) is 0. The largest absolute Gasteiger partial charge is 0.478 e. The van der Waals surface area contributed by atoms with Crippen LogP contribution in [0.15, 0.2) is 97.3 Å². The summed E-state index contributed by atoms with van der Waals surface area (Å²) < 4.78 is 5.93. The average Bonchev–Trinajstić information content (AvgIpc) is 2.75. The lowest BCUT2D eigenvalue weighted by atomic mass is 9.83. The van der Waals surface area contributed by atoms with Gasteiger partial charge in [-0.1, -0.05) is 90.5 Å². The average molecular weight is 368 g/mol. The fourth-order valence-corrected chi connectivity index (χ4v) is 3.42. The Balaban J connectivity index is 1.92. The van der Waals surface area contributed by atoms with Gasteiger partial charge in [0, 0.05) is 11.1 Å². The number of rotatable bonds is 4. The molecule has 4 rings (SSSR count). The number of carboxylic acids is 1. The van der Waals surface area contributed by atoms with E-state index in [-0.39, 0.29) is 0 Å². The van der Waals surface area contributed by atoms with Gasteiger partial charge in [-0.15, -0.1) is 0 Å². The number of hydrogen-bond acceptors (Lipinski definition) is 2. The van der Waals surface area contributed by atoms with Crippen LogP contribution in [0.25, 0.3) is 11.1 Å². The molecule has 0 bridgehead atoms. The number of carboxylic acid groups (broad SMARTS) is 1. The third-order valence-corrected chi connectivity index (χ3v) is 4.97. The van der Waals surface area contributed by atoms with Crippen molar-refractivity contribution in [1.29, 1.82) is 0 Å². The summed E-state index contributed by atoms with van der Waals surface area (Å²) in [5.41, 5.74) is 3.68. The first kappa shape index (κ1) is 17.8.